The van der Waals surface area contributed by atoms with Gasteiger partial charge in [-0.3, -0.25) is 4.79 Å². The van der Waals surface area contributed by atoms with E-state index in [1.54, 1.807) is 18.3 Å². The molecule has 106 valence electrons. The van der Waals surface area contributed by atoms with Crippen molar-refractivity contribution in [3.63, 3.8) is 0 Å². The Hall–Kier alpha value is -2.47. The normalized spacial score (nSPS) is 12.2. The summed E-state index contributed by atoms with van der Waals surface area (Å²) >= 11 is 1.55. The third kappa shape index (κ3) is 2.57. The van der Waals surface area contributed by atoms with E-state index in [9.17, 15) is 4.79 Å². The molecule has 1 aromatic carbocycles. The van der Waals surface area contributed by atoms with Crippen molar-refractivity contribution in [1.82, 2.24) is 9.97 Å². The Bertz CT molecular complexity index is 785. The molecule has 0 unspecified atom stereocenters. The van der Waals surface area contributed by atoms with Gasteiger partial charge >= 0.3 is 0 Å². The monoisotopic (exact) mass is 298 g/mol. The van der Waals surface area contributed by atoms with Gasteiger partial charge in [-0.25, -0.2) is 9.97 Å². The van der Waals surface area contributed by atoms with Gasteiger partial charge in [0.05, 0.1) is 5.39 Å². The number of primary amides is 1. The van der Waals surface area contributed by atoms with Crippen LogP contribution in [0.4, 0.5) is 5.82 Å². The summed E-state index contributed by atoms with van der Waals surface area (Å²) in [5.41, 5.74) is 7.45. The molecule has 0 spiro atoms. The topological polar surface area (TPSA) is 80.9 Å². The van der Waals surface area contributed by atoms with Crippen LogP contribution in [0.1, 0.15) is 6.92 Å². The van der Waals surface area contributed by atoms with Crippen molar-refractivity contribution in [2.45, 2.75) is 13.0 Å². The summed E-state index contributed by atoms with van der Waals surface area (Å²) in [6, 6.07) is 9.53. The van der Waals surface area contributed by atoms with Gasteiger partial charge in [0, 0.05) is 10.9 Å². The molecular weight excluding hydrogens is 284 g/mol. The van der Waals surface area contributed by atoms with E-state index in [0.29, 0.717) is 5.82 Å². The summed E-state index contributed by atoms with van der Waals surface area (Å²) in [4.78, 5) is 20.7. The largest absolute Gasteiger partial charge is 0.368 e. The molecule has 0 fully saturated rings. The molecule has 1 amide bonds. The highest BCUT2D eigenvalue weighted by Crippen LogP contribution is 2.36. The van der Waals surface area contributed by atoms with Crippen LogP contribution >= 0.6 is 11.3 Å². The molecule has 0 aliphatic rings. The van der Waals surface area contributed by atoms with Crippen LogP contribution in [-0.2, 0) is 4.79 Å². The number of carbonyl (C=O) groups excluding carboxylic acids is 1. The van der Waals surface area contributed by atoms with E-state index in [4.69, 9.17) is 5.73 Å². The number of rotatable bonds is 4. The maximum absolute atomic E-state index is 11.3. The maximum atomic E-state index is 11.3. The first-order chi connectivity index (χ1) is 10.2. The predicted molar refractivity (Wildman–Crippen MR) is 85.1 cm³/mol. The van der Waals surface area contributed by atoms with Crippen molar-refractivity contribution in [2.75, 3.05) is 5.32 Å². The lowest BCUT2D eigenvalue weighted by molar-refractivity contribution is -0.118. The van der Waals surface area contributed by atoms with Gasteiger partial charge in [0.2, 0.25) is 5.91 Å². The molecule has 2 aromatic heterocycles. The highest BCUT2D eigenvalue weighted by atomic mass is 32.1. The molecule has 0 aliphatic heterocycles. The van der Waals surface area contributed by atoms with Crippen molar-refractivity contribution in [1.29, 1.82) is 0 Å². The number of carbonyl (C=O) groups is 1. The molecule has 6 heteroatoms. The molecule has 0 bridgehead atoms. The SMILES string of the molecule is C[C@H](Nc1ncnc2scc(-c3ccccc3)c12)C(N)=O. The molecule has 0 radical (unpaired) electrons. The van der Waals surface area contributed by atoms with Crippen LogP contribution in [0.5, 0.6) is 0 Å². The number of fused-ring (bicyclic) bond motifs is 1. The Kier molecular flexibility index (Phi) is 3.53. The highest BCUT2D eigenvalue weighted by Gasteiger charge is 2.16. The minimum Gasteiger partial charge on any atom is -0.368 e. The maximum Gasteiger partial charge on any atom is 0.239 e. The van der Waals surface area contributed by atoms with Crippen molar-refractivity contribution in [2.24, 2.45) is 5.73 Å². The van der Waals surface area contributed by atoms with Crippen molar-refractivity contribution < 1.29 is 4.79 Å². The number of thiophene rings is 1. The number of anilines is 1. The first-order valence-corrected chi connectivity index (χ1v) is 7.38. The molecule has 1 atom stereocenters. The van der Waals surface area contributed by atoms with E-state index in [1.807, 2.05) is 30.3 Å². The Morgan fingerprint density at radius 1 is 1.29 bits per heavy atom. The van der Waals surface area contributed by atoms with E-state index in [2.05, 4.69) is 20.7 Å². The molecule has 3 aromatic rings. The zero-order chi connectivity index (χ0) is 14.8. The fourth-order valence-electron chi connectivity index (χ4n) is 2.09. The average Bonchev–Trinajstić information content (AvgIpc) is 2.93. The lowest BCUT2D eigenvalue weighted by atomic mass is 10.1. The lowest BCUT2D eigenvalue weighted by Gasteiger charge is -2.12. The third-order valence-corrected chi connectivity index (χ3v) is 4.12. The summed E-state index contributed by atoms with van der Waals surface area (Å²) in [6.45, 7) is 1.71. The Balaban J connectivity index is 2.13. The summed E-state index contributed by atoms with van der Waals surface area (Å²) < 4.78 is 0. The molecule has 2 heterocycles. The van der Waals surface area contributed by atoms with Crippen molar-refractivity contribution in [3.05, 3.63) is 42.0 Å². The minimum absolute atomic E-state index is 0.418. The Morgan fingerprint density at radius 3 is 2.76 bits per heavy atom. The highest BCUT2D eigenvalue weighted by molar-refractivity contribution is 7.17. The number of aromatic nitrogens is 2. The average molecular weight is 298 g/mol. The van der Waals surface area contributed by atoms with E-state index in [0.717, 1.165) is 21.3 Å². The molecular formula is C15H14N4OS. The Morgan fingerprint density at radius 2 is 2.05 bits per heavy atom. The Labute approximate surface area is 125 Å². The van der Waals surface area contributed by atoms with Gasteiger partial charge in [-0.15, -0.1) is 11.3 Å². The fourth-order valence-corrected chi connectivity index (χ4v) is 3.01. The third-order valence-electron chi connectivity index (χ3n) is 3.24. The van der Waals surface area contributed by atoms with Crippen molar-refractivity contribution >= 4 is 33.3 Å². The summed E-state index contributed by atoms with van der Waals surface area (Å²) in [6.07, 6.45) is 1.49. The smallest absolute Gasteiger partial charge is 0.239 e. The van der Waals surface area contributed by atoms with Crippen molar-refractivity contribution in [3.8, 4) is 11.1 Å². The summed E-state index contributed by atoms with van der Waals surface area (Å²) in [5.74, 6) is 0.213. The van der Waals surface area contributed by atoms with E-state index < -0.39 is 11.9 Å². The molecule has 21 heavy (non-hydrogen) atoms. The minimum atomic E-state index is -0.494. The van der Waals surface area contributed by atoms with Crippen LogP contribution < -0.4 is 11.1 Å². The van der Waals surface area contributed by atoms with Gasteiger partial charge in [0.1, 0.15) is 23.0 Å². The molecule has 0 saturated heterocycles. The number of benzene rings is 1. The number of nitrogens with zero attached hydrogens (tertiary/aromatic N) is 2. The van der Waals surface area contributed by atoms with E-state index in [-0.39, 0.29) is 0 Å². The number of nitrogens with one attached hydrogen (secondary N) is 1. The lowest BCUT2D eigenvalue weighted by Crippen LogP contribution is -2.32. The number of hydrogen-bond donors (Lipinski definition) is 2. The molecule has 3 N–H and O–H groups in total. The number of amides is 1. The zero-order valence-corrected chi connectivity index (χ0v) is 12.2. The van der Waals surface area contributed by atoms with E-state index >= 15 is 0 Å². The van der Waals surface area contributed by atoms with Gasteiger partial charge in [-0.1, -0.05) is 30.3 Å². The second kappa shape index (κ2) is 5.49. The summed E-state index contributed by atoms with van der Waals surface area (Å²) in [5, 5.41) is 6.03. The summed E-state index contributed by atoms with van der Waals surface area (Å²) in [7, 11) is 0. The molecule has 0 aliphatic carbocycles. The van der Waals surface area contributed by atoms with E-state index in [1.165, 1.54) is 6.33 Å². The van der Waals surface area contributed by atoms with Gasteiger partial charge < -0.3 is 11.1 Å². The van der Waals surface area contributed by atoms with Crippen LogP contribution in [0.2, 0.25) is 0 Å². The molecule has 0 saturated carbocycles. The van der Waals surface area contributed by atoms with Crippen LogP contribution in [0.25, 0.3) is 21.3 Å². The van der Waals surface area contributed by atoms with Gasteiger partial charge in [-0.05, 0) is 12.5 Å². The first-order valence-electron chi connectivity index (χ1n) is 6.50. The number of nitrogens with two attached hydrogens (primary N) is 1. The second-order valence-electron chi connectivity index (χ2n) is 4.69. The van der Waals surface area contributed by atoms with Gasteiger partial charge in [-0.2, -0.15) is 0 Å². The first kappa shape index (κ1) is 13.5. The predicted octanol–water partition coefficient (Wildman–Crippen LogP) is 2.64. The zero-order valence-electron chi connectivity index (χ0n) is 11.4. The number of hydrogen-bond acceptors (Lipinski definition) is 5. The standard InChI is InChI=1S/C15H14N4OS/c1-9(13(16)20)19-14-12-11(10-5-3-2-4-6-10)7-21-15(12)18-8-17-14/h2-9H,1H3,(H2,16,20)(H,17,18,19)/t9-/m0/s1. The fraction of sp³-hybridized carbons (Fsp3) is 0.133. The van der Waals surface area contributed by atoms with Crippen LogP contribution in [-0.4, -0.2) is 21.9 Å². The van der Waals surface area contributed by atoms with Crippen LogP contribution in [0, 0.1) is 0 Å². The van der Waals surface area contributed by atoms with Crippen LogP contribution in [0.3, 0.4) is 0 Å². The second-order valence-corrected chi connectivity index (χ2v) is 5.54. The molecule has 3 rings (SSSR count). The van der Waals surface area contributed by atoms with Gasteiger partial charge in [0.15, 0.2) is 0 Å². The van der Waals surface area contributed by atoms with Crippen LogP contribution in [0.15, 0.2) is 42.0 Å². The quantitative estimate of drug-likeness (QED) is 0.776. The molecule has 5 nitrogen and oxygen atoms in total. The van der Waals surface area contributed by atoms with Gasteiger partial charge in [0.25, 0.3) is 0 Å².